The Morgan fingerprint density at radius 2 is 1.59 bits per heavy atom. The van der Waals surface area contributed by atoms with Crippen LogP contribution in [0.25, 0.3) is 17.1 Å². The Labute approximate surface area is 188 Å². The summed E-state index contributed by atoms with van der Waals surface area (Å²) in [5.41, 5.74) is 2.22. The van der Waals surface area contributed by atoms with E-state index in [1.807, 2.05) is 31.2 Å². The molecule has 1 N–H and O–H groups in total. The average Bonchev–Trinajstić information content (AvgIpc) is 3.19. The predicted molar refractivity (Wildman–Crippen MR) is 122 cm³/mol. The molecule has 3 aromatic carbocycles. The van der Waals surface area contributed by atoms with Gasteiger partial charge in [-0.3, -0.25) is 9.36 Å². The summed E-state index contributed by atoms with van der Waals surface area (Å²) < 4.78 is 30.1. The second kappa shape index (κ2) is 9.32. The fourth-order valence-electron chi connectivity index (χ4n) is 3.10. The highest BCUT2D eigenvalue weighted by molar-refractivity contribution is 8.00. The topological polar surface area (TPSA) is 59.8 Å². The second-order valence-electron chi connectivity index (χ2n) is 7.19. The molecule has 0 radical (unpaired) electrons. The normalized spacial score (nSPS) is 11.9. The molecule has 0 bridgehead atoms. The van der Waals surface area contributed by atoms with Gasteiger partial charge in [0.25, 0.3) is 0 Å². The van der Waals surface area contributed by atoms with Gasteiger partial charge in [-0.05, 0) is 50.2 Å². The van der Waals surface area contributed by atoms with E-state index in [-0.39, 0.29) is 11.6 Å². The number of benzene rings is 3. The first-order valence-electron chi connectivity index (χ1n) is 9.93. The number of amides is 1. The van der Waals surface area contributed by atoms with Crippen molar-refractivity contribution in [2.75, 3.05) is 5.32 Å². The molecule has 1 heterocycles. The van der Waals surface area contributed by atoms with Crippen molar-refractivity contribution in [1.29, 1.82) is 0 Å². The number of hydrogen-bond donors (Lipinski definition) is 1. The summed E-state index contributed by atoms with van der Waals surface area (Å²) in [6, 6.07) is 19.9. The summed E-state index contributed by atoms with van der Waals surface area (Å²) in [5, 5.41) is 10.8. The molecule has 0 saturated carbocycles. The van der Waals surface area contributed by atoms with Crippen LogP contribution in [0, 0.1) is 18.6 Å². The molecule has 0 aliphatic carbocycles. The Hall–Kier alpha value is -3.52. The number of rotatable bonds is 6. The van der Waals surface area contributed by atoms with E-state index >= 15 is 0 Å². The molecule has 32 heavy (non-hydrogen) atoms. The maximum atomic E-state index is 14.5. The molecule has 0 saturated heterocycles. The van der Waals surface area contributed by atoms with Crippen LogP contribution in [0.5, 0.6) is 0 Å². The predicted octanol–water partition coefficient (Wildman–Crippen LogP) is 5.64. The molecule has 1 atom stereocenters. The monoisotopic (exact) mass is 450 g/mol. The van der Waals surface area contributed by atoms with E-state index in [1.54, 1.807) is 41.8 Å². The minimum absolute atomic E-state index is 0.108. The summed E-state index contributed by atoms with van der Waals surface area (Å²) >= 11 is 1.16. The number of nitrogens with zero attached hydrogens (tertiary/aromatic N) is 3. The molecule has 8 heteroatoms. The van der Waals surface area contributed by atoms with Crippen LogP contribution in [0.1, 0.15) is 12.5 Å². The SMILES string of the molecule is Cc1ccc(-n2c(SC(C)C(=O)Nc3ccccc3F)nnc2-c2ccccc2F)cc1. The number of thioether (sulfide) groups is 1. The van der Waals surface area contributed by atoms with Crippen LogP contribution in [0.2, 0.25) is 0 Å². The zero-order valence-corrected chi connectivity index (χ0v) is 18.2. The summed E-state index contributed by atoms with van der Waals surface area (Å²) in [6.45, 7) is 3.66. The van der Waals surface area contributed by atoms with Crippen molar-refractivity contribution in [3.8, 4) is 17.1 Å². The number of para-hydroxylation sites is 1. The van der Waals surface area contributed by atoms with Crippen LogP contribution in [0.3, 0.4) is 0 Å². The molecule has 0 aliphatic heterocycles. The minimum Gasteiger partial charge on any atom is -0.323 e. The zero-order valence-electron chi connectivity index (χ0n) is 17.4. The Bertz CT molecular complexity index is 1260. The van der Waals surface area contributed by atoms with E-state index in [9.17, 15) is 13.6 Å². The van der Waals surface area contributed by atoms with E-state index in [4.69, 9.17) is 0 Å². The molecule has 4 aromatic rings. The van der Waals surface area contributed by atoms with Crippen LogP contribution < -0.4 is 5.32 Å². The average molecular weight is 451 g/mol. The lowest BCUT2D eigenvalue weighted by atomic mass is 10.2. The first kappa shape index (κ1) is 21.7. The summed E-state index contributed by atoms with van der Waals surface area (Å²) in [4.78, 5) is 12.7. The van der Waals surface area contributed by atoms with Gasteiger partial charge < -0.3 is 5.32 Å². The Morgan fingerprint density at radius 3 is 2.28 bits per heavy atom. The number of hydrogen-bond acceptors (Lipinski definition) is 4. The standard InChI is InChI=1S/C24H20F2N4OS/c1-15-11-13-17(14-12-15)30-22(18-7-3-4-8-19(18)25)28-29-24(30)32-16(2)23(31)27-21-10-6-5-9-20(21)26/h3-14,16H,1-2H3,(H,27,31). The van der Waals surface area contributed by atoms with Crippen molar-refractivity contribution in [3.63, 3.8) is 0 Å². The lowest BCUT2D eigenvalue weighted by Crippen LogP contribution is -2.23. The van der Waals surface area contributed by atoms with E-state index in [0.717, 1.165) is 23.0 Å². The third-order valence-electron chi connectivity index (χ3n) is 4.82. The van der Waals surface area contributed by atoms with Crippen LogP contribution >= 0.6 is 11.8 Å². The van der Waals surface area contributed by atoms with E-state index < -0.39 is 16.9 Å². The number of aromatic nitrogens is 3. The van der Waals surface area contributed by atoms with Gasteiger partial charge in [0.05, 0.1) is 16.5 Å². The molecule has 0 spiro atoms. The second-order valence-corrected chi connectivity index (χ2v) is 8.49. The molecule has 5 nitrogen and oxygen atoms in total. The van der Waals surface area contributed by atoms with E-state index in [2.05, 4.69) is 15.5 Å². The molecule has 0 fully saturated rings. The van der Waals surface area contributed by atoms with E-state index in [1.165, 1.54) is 18.2 Å². The van der Waals surface area contributed by atoms with Gasteiger partial charge >= 0.3 is 0 Å². The first-order valence-corrected chi connectivity index (χ1v) is 10.8. The number of anilines is 1. The molecule has 0 aliphatic rings. The first-order chi connectivity index (χ1) is 15.4. The molecule has 4 rings (SSSR count). The van der Waals surface area contributed by atoms with Crippen LogP contribution in [0.15, 0.2) is 78.0 Å². The van der Waals surface area contributed by atoms with Crippen molar-refractivity contribution >= 4 is 23.4 Å². The number of halogens is 2. The molecule has 1 aromatic heterocycles. The van der Waals surface area contributed by atoms with Crippen LogP contribution in [0.4, 0.5) is 14.5 Å². The maximum Gasteiger partial charge on any atom is 0.237 e. The molecule has 1 amide bonds. The van der Waals surface area contributed by atoms with Gasteiger partial charge in [-0.2, -0.15) is 0 Å². The van der Waals surface area contributed by atoms with Crippen molar-refractivity contribution < 1.29 is 13.6 Å². The van der Waals surface area contributed by atoms with Gasteiger partial charge in [-0.25, -0.2) is 8.78 Å². The fraction of sp³-hybridized carbons (Fsp3) is 0.125. The lowest BCUT2D eigenvalue weighted by Gasteiger charge is -2.14. The maximum absolute atomic E-state index is 14.5. The van der Waals surface area contributed by atoms with Gasteiger partial charge in [0.15, 0.2) is 11.0 Å². The minimum atomic E-state index is -0.614. The smallest absolute Gasteiger partial charge is 0.237 e. The van der Waals surface area contributed by atoms with Crippen LogP contribution in [-0.2, 0) is 4.79 Å². The number of nitrogens with one attached hydrogen (secondary N) is 1. The van der Waals surface area contributed by atoms with Crippen molar-refractivity contribution in [3.05, 3.63) is 90.0 Å². The van der Waals surface area contributed by atoms with Gasteiger partial charge in [0.2, 0.25) is 5.91 Å². The summed E-state index contributed by atoms with van der Waals surface area (Å²) in [6.07, 6.45) is 0. The van der Waals surface area contributed by atoms with Crippen molar-refractivity contribution in [2.45, 2.75) is 24.3 Å². The highest BCUT2D eigenvalue weighted by Gasteiger charge is 2.23. The Balaban J connectivity index is 1.68. The van der Waals surface area contributed by atoms with E-state index in [0.29, 0.717) is 16.5 Å². The van der Waals surface area contributed by atoms with Crippen LogP contribution in [-0.4, -0.2) is 25.9 Å². The van der Waals surface area contributed by atoms with Gasteiger partial charge in [-0.15, -0.1) is 10.2 Å². The number of carbonyl (C=O) groups is 1. The highest BCUT2D eigenvalue weighted by Crippen LogP contribution is 2.31. The van der Waals surface area contributed by atoms with Gasteiger partial charge in [0, 0.05) is 5.69 Å². The third kappa shape index (κ3) is 4.55. The summed E-state index contributed by atoms with van der Waals surface area (Å²) in [7, 11) is 0. The molecular weight excluding hydrogens is 430 g/mol. The Morgan fingerprint density at radius 1 is 0.938 bits per heavy atom. The molecule has 162 valence electrons. The zero-order chi connectivity index (χ0) is 22.7. The van der Waals surface area contributed by atoms with Gasteiger partial charge in [-0.1, -0.05) is 53.7 Å². The number of carbonyl (C=O) groups excluding carboxylic acids is 1. The van der Waals surface area contributed by atoms with Gasteiger partial charge in [0.1, 0.15) is 11.6 Å². The largest absolute Gasteiger partial charge is 0.323 e. The van der Waals surface area contributed by atoms with Crippen molar-refractivity contribution in [1.82, 2.24) is 14.8 Å². The third-order valence-corrected chi connectivity index (χ3v) is 5.87. The molecular formula is C24H20F2N4OS. The molecule has 1 unspecified atom stereocenters. The number of aryl methyl sites for hydroxylation is 1. The quantitative estimate of drug-likeness (QED) is 0.386. The van der Waals surface area contributed by atoms with Crippen molar-refractivity contribution in [2.24, 2.45) is 0 Å². The summed E-state index contributed by atoms with van der Waals surface area (Å²) in [5.74, 6) is -0.986. The fourth-order valence-corrected chi connectivity index (χ4v) is 3.97. The lowest BCUT2D eigenvalue weighted by molar-refractivity contribution is -0.115. The highest BCUT2D eigenvalue weighted by atomic mass is 32.2. The Kier molecular flexibility index (Phi) is 6.32.